The number of pyridine rings is 1. The maximum atomic E-state index is 12.4. The first-order valence-electron chi connectivity index (χ1n) is 7.67. The van der Waals surface area contributed by atoms with Crippen LogP contribution in [0.3, 0.4) is 0 Å². The van der Waals surface area contributed by atoms with Gasteiger partial charge in [-0.1, -0.05) is 5.92 Å². The summed E-state index contributed by atoms with van der Waals surface area (Å²) < 4.78 is 26.6. The monoisotopic (exact) mass is 452 g/mol. The molecule has 9 heteroatoms. The zero-order chi connectivity index (χ0) is 19.1. The summed E-state index contributed by atoms with van der Waals surface area (Å²) in [7, 11) is -2.17. The van der Waals surface area contributed by atoms with E-state index in [0.29, 0.717) is 0 Å². The summed E-state index contributed by atoms with van der Waals surface area (Å²) in [4.78, 5) is 6.00. The van der Waals surface area contributed by atoms with Crippen molar-refractivity contribution in [1.29, 1.82) is 5.41 Å². The Labute approximate surface area is 165 Å². The topological polar surface area (TPSA) is 86.2 Å². The Bertz CT molecular complexity index is 1050. The molecule has 2 N–H and O–H groups in total. The number of nitrogens with zero attached hydrogens (tertiary/aromatic N) is 2. The molecule has 26 heavy (non-hydrogen) atoms. The highest BCUT2D eigenvalue weighted by Gasteiger charge is 2.43. The molecular formula is C17H17BrN4O2S2. The van der Waals surface area contributed by atoms with Gasteiger partial charge in [-0.15, -0.1) is 17.3 Å². The maximum absolute atomic E-state index is 12.4. The van der Waals surface area contributed by atoms with Crippen LogP contribution in [0, 0.1) is 17.3 Å². The molecule has 0 radical (unpaired) electrons. The number of guanidine groups is 1. The smallest absolute Gasteiger partial charge is 0.239 e. The molecule has 0 aromatic carbocycles. The Hall–Kier alpha value is -1.89. The Morgan fingerprint density at radius 3 is 2.81 bits per heavy atom. The molecule has 0 bridgehead atoms. The van der Waals surface area contributed by atoms with Gasteiger partial charge in [0.05, 0.1) is 11.3 Å². The lowest BCUT2D eigenvalue weighted by Gasteiger charge is -2.39. The van der Waals surface area contributed by atoms with Crippen LogP contribution in [0.15, 0.2) is 29.0 Å². The van der Waals surface area contributed by atoms with Crippen molar-refractivity contribution in [2.24, 2.45) is 0 Å². The van der Waals surface area contributed by atoms with Gasteiger partial charge in [0, 0.05) is 44.8 Å². The van der Waals surface area contributed by atoms with Gasteiger partial charge < -0.3 is 5.32 Å². The van der Waals surface area contributed by atoms with Crippen molar-refractivity contribution in [2.75, 3.05) is 12.8 Å². The van der Waals surface area contributed by atoms with Gasteiger partial charge in [-0.25, -0.2) is 12.7 Å². The molecule has 6 nitrogen and oxygen atoms in total. The molecule has 0 aliphatic carbocycles. The van der Waals surface area contributed by atoms with Crippen LogP contribution >= 0.6 is 27.3 Å². The number of sulfonamides is 1. The molecule has 0 saturated carbocycles. The van der Waals surface area contributed by atoms with Gasteiger partial charge in [0.25, 0.3) is 0 Å². The van der Waals surface area contributed by atoms with Crippen LogP contribution in [-0.2, 0) is 15.6 Å². The third kappa shape index (κ3) is 3.37. The number of thiophene rings is 1. The Morgan fingerprint density at radius 2 is 2.15 bits per heavy atom. The first kappa shape index (κ1) is 18.9. The maximum Gasteiger partial charge on any atom is 0.239 e. The summed E-state index contributed by atoms with van der Waals surface area (Å²) in [5.41, 5.74) is 0.846. The lowest BCUT2D eigenvalue weighted by Crippen LogP contribution is -2.60. The molecule has 0 spiro atoms. The summed E-state index contributed by atoms with van der Waals surface area (Å²) >= 11 is 5.02. The van der Waals surface area contributed by atoms with E-state index in [-0.39, 0.29) is 11.7 Å². The summed E-state index contributed by atoms with van der Waals surface area (Å²) in [5.74, 6) is 5.58. The lowest BCUT2D eigenvalue weighted by molar-refractivity contribution is 0.423. The van der Waals surface area contributed by atoms with Gasteiger partial charge in [-0.2, -0.15) is 0 Å². The molecule has 1 atom stereocenters. The van der Waals surface area contributed by atoms with Gasteiger partial charge in [-0.05, 0) is 41.9 Å². The third-order valence-electron chi connectivity index (χ3n) is 4.08. The summed E-state index contributed by atoms with van der Waals surface area (Å²) in [6, 6.07) is 3.90. The van der Waals surface area contributed by atoms with Gasteiger partial charge in [0.1, 0.15) is 0 Å². The van der Waals surface area contributed by atoms with Crippen LogP contribution in [0.25, 0.3) is 10.4 Å². The fourth-order valence-corrected chi connectivity index (χ4v) is 6.52. The van der Waals surface area contributed by atoms with Crippen molar-refractivity contribution in [1.82, 2.24) is 14.6 Å². The van der Waals surface area contributed by atoms with Crippen LogP contribution in [0.1, 0.15) is 24.3 Å². The summed E-state index contributed by atoms with van der Waals surface area (Å²) in [6.45, 7) is 3.57. The molecule has 3 heterocycles. The Balaban J connectivity index is 2.04. The van der Waals surface area contributed by atoms with E-state index in [1.165, 1.54) is 18.4 Å². The molecular weight excluding hydrogens is 436 g/mol. The molecule has 3 rings (SSSR count). The van der Waals surface area contributed by atoms with Crippen LogP contribution in [0.2, 0.25) is 0 Å². The predicted octanol–water partition coefficient (Wildman–Crippen LogP) is 2.96. The van der Waals surface area contributed by atoms with Crippen molar-refractivity contribution in [3.05, 3.63) is 39.4 Å². The summed E-state index contributed by atoms with van der Waals surface area (Å²) in [5, 5.41) is 11.0. The molecule has 2 aromatic rings. The van der Waals surface area contributed by atoms with E-state index in [9.17, 15) is 8.42 Å². The molecule has 1 fully saturated rings. The zero-order valence-electron chi connectivity index (χ0n) is 14.4. The van der Waals surface area contributed by atoms with E-state index in [1.54, 1.807) is 26.2 Å². The minimum atomic E-state index is -3.55. The number of halogens is 1. The standard InChI is InChI=1S/C17H17BrN4O2S2/c1-4-5-11-6-12(9-20-8-11)14-7-13(18)15(25-14)17(2)10-26(23,24)22(3)16(19)21-17/h6-9H,10H2,1-3H3,(H2,19,21)/t17-/m0/s1. The van der Waals surface area contributed by atoms with Crippen LogP contribution in [0.4, 0.5) is 0 Å². The van der Waals surface area contributed by atoms with Crippen molar-refractivity contribution in [2.45, 2.75) is 19.4 Å². The van der Waals surface area contributed by atoms with E-state index in [0.717, 1.165) is 29.7 Å². The summed E-state index contributed by atoms with van der Waals surface area (Å²) in [6.07, 6.45) is 3.46. The number of hydrogen-bond donors (Lipinski definition) is 2. The first-order chi connectivity index (χ1) is 12.2. The lowest BCUT2D eigenvalue weighted by atomic mass is 10.0. The fourth-order valence-electron chi connectivity index (χ4n) is 2.77. The average Bonchev–Trinajstić information content (AvgIpc) is 2.96. The molecule has 1 saturated heterocycles. The molecule has 1 aliphatic heterocycles. The predicted molar refractivity (Wildman–Crippen MR) is 108 cm³/mol. The highest BCUT2D eigenvalue weighted by Crippen LogP contribution is 2.42. The quantitative estimate of drug-likeness (QED) is 0.685. The average molecular weight is 453 g/mol. The molecule has 1 aliphatic rings. The van der Waals surface area contributed by atoms with Crippen molar-refractivity contribution < 1.29 is 8.42 Å². The number of rotatable bonds is 2. The highest BCUT2D eigenvalue weighted by molar-refractivity contribution is 9.10. The van der Waals surface area contributed by atoms with Crippen LogP contribution in [-0.4, -0.2) is 36.5 Å². The van der Waals surface area contributed by atoms with Crippen LogP contribution in [0.5, 0.6) is 0 Å². The molecule has 0 amide bonds. The van der Waals surface area contributed by atoms with Crippen LogP contribution < -0.4 is 5.32 Å². The molecule has 2 aromatic heterocycles. The second-order valence-corrected chi connectivity index (χ2v) is 10.1. The van der Waals surface area contributed by atoms with E-state index >= 15 is 0 Å². The van der Waals surface area contributed by atoms with E-state index in [4.69, 9.17) is 5.41 Å². The Morgan fingerprint density at radius 1 is 1.42 bits per heavy atom. The second-order valence-electron chi connectivity index (χ2n) is 6.15. The number of aromatic nitrogens is 1. The second kappa shape index (κ2) is 6.68. The Kier molecular flexibility index (Phi) is 4.86. The first-order valence-corrected chi connectivity index (χ1v) is 10.9. The third-order valence-corrected chi connectivity index (χ3v) is 8.37. The fraction of sp³-hybridized carbons (Fsp3) is 0.294. The highest BCUT2D eigenvalue weighted by atomic mass is 79.9. The number of nitrogens with one attached hydrogen (secondary N) is 2. The van der Waals surface area contributed by atoms with E-state index in [1.807, 2.05) is 12.1 Å². The SMILES string of the molecule is CC#Cc1cncc(-c2cc(Br)c([C@]3(C)CS(=O)(=O)N(C)C(=N)N3)s2)c1. The minimum absolute atomic E-state index is 0.128. The zero-order valence-corrected chi connectivity index (χ0v) is 17.6. The van der Waals surface area contributed by atoms with Crippen molar-refractivity contribution in [3.8, 4) is 22.3 Å². The number of hydrogen-bond acceptors (Lipinski definition) is 5. The van der Waals surface area contributed by atoms with Crippen molar-refractivity contribution in [3.63, 3.8) is 0 Å². The normalized spacial score (nSPS) is 21.7. The van der Waals surface area contributed by atoms with Gasteiger partial charge in [0.2, 0.25) is 16.0 Å². The van der Waals surface area contributed by atoms with Gasteiger partial charge in [-0.3, -0.25) is 10.4 Å². The minimum Gasteiger partial charge on any atom is -0.344 e. The van der Waals surface area contributed by atoms with Gasteiger partial charge in [0.15, 0.2) is 0 Å². The van der Waals surface area contributed by atoms with E-state index in [2.05, 4.69) is 38.1 Å². The van der Waals surface area contributed by atoms with Crippen molar-refractivity contribution >= 4 is 43.2 Å². The molecule has 0 unspecified atom stereocenters. The largest absolute Gasteiger partial charge is 0.344 e. The van der Waals surface area contributed by atoms with E-state index < -0.39 is 15.6 Å². The molecule has 136 valence electrons. The van der Waals surface area contributed by atoms with Gasteiger partial charge >= 0.3 is 0 Å².